The molecular weight excluding hydrogens is 212 g/mol. The maximum Gasteiger partial charge on any atom is 0.239 e. The normalized spacial score (nSPS) is 14.4. The van der Waals surface area contributed by atoms with Crippen LogP contribution >= 0.6 is 0 Å². The van der Waals surface area contributed by atoms with Crippen LogP contribution in [0.15, 0.2) is 0 Å². The molecular formula is C14H30N2O. The second kappa shape index (κ2) is 9.46. The average Bonchev–Trinajstić information content (AvgIpc) is 2.32. The average molecular weight is 242 g/mol. The summed E-state index contributed by atoms with van der Waals surface area (Å²) in [5, 5.41) is 3.38. The third-order valence-corrected chi connectivity index (χ3v) is 3.25. The highest BCUT2D eigenvalue weighted by atomic mass is 16.2. The summed E-state index contributed by atoms with van der Waals surface area (Å²) in [6, 6.07) is 0.359. The molecule has 0 aromatic heterocycles. The van der Waals surface area contributed by atoms with E-state index in [1.807, 2.05) is 20.9 Å². The minimum Gasteiger partial charge on any atom is -0.345 e. The number of carbonyl (C=O) groups excluding carboxylic acids is 1. The Labute approximate surface area is 107 Å². The van der Waals surface area contributed by atoms with Crippen LogP contribution < -0.4 is 5.32 Å². The third kappa shape index (κ3) is 7.37. The molecule has 1 amide bonds. The quantitative estimate of drug-likeness (QED) is 0.631. The van der Waals surface area contributed by atoms with Gasteiger partial charge < -0.3 is 10.2 Å². The summed E-state index contributed by atoms with van der Waals surface area (Å²) in [4.78, 5) is 13.6. The van der Waals surface area contributed by atoms with Gasteiger partial charge in [-0.3, -0.25) is 4.79 Å². The molecule has 2 atom stereocenters. The fraction of sp³-hybridized carbons (Fsp3) is 0.929. The lowest BCUT2D eigenvalue weighted by molar-refractivity contribution is -0.131. The minimum atomic E-state index is -0.0684. The topological polar surface area (TPSA) is 32.3 Å². The smallest absolute Gasteiger partial charge is 0.239 e. The van der Waals surface area contributed by atoms with Crippen LogP contribution in [0.4, 0.5) is 0 Å². The Balaban J connectivity index is 3.79. The van der Waals surface area contributed by atoms with E-state index in [1.165, 1.54) is 25.7 Å². The first-order valence-corrected chi connectivity index (χ1v) is 7.03. The molecule has 0 fully saturated rings. The largest absolute Gasteiger partial charge is 0.345 e. The van der Waals surface area contributed by atoms with Crippen LogP contribution in [-0.2, 0) is 4.79 Å². The molecule has 0 aliphatic heterocycles. The molecule has 3 nitrogen and oxygen atoms in total. The van der Waals surface area contributed by atoms with Crippen LogP contribution in [0, 0.1) is 0 Å². The molecule has 0 aromatic rings. The Kier molecular flexibility index (Phi) is 9.14. The number of likely N-dealkylation sites (N-methyl/N-ethyl adjacent to an activating group) is 1. The number of amides is 1. The van der Waals surface area contributed by atoms with Gasteiger partial charge >= 0.3 is 0 Å². The lowest BCUT2D eigenvalue weighted by atomic mass is 10.1. The SMILES string of the molecule is CCCCCCC(C)NC(C)C(=O)N(C)CC. The van der Waals surface area contributed by atoms with Gasteiger partial charge in [-0.25, -0.2) is 0 Å². The van der Waals surface area contributed by atoms with Gasteiger partial charge in [0, 0.05) is 19.6 Å². The zero-order chi connectivity index (χ0) is 13.3. The van der Waals surface area contributed by atoms with E-state index in [0.717, 1.165) is 13.0 Å². The van der Waals surface area contributed by atoms with Gasteiger partial charge in [-0.2, -0.15) is 0 Å². The van der Waals surface area contributed by atoms with Crippen LogP contribution in [0.2, 0.25) is 0 Å². The van der Waals surface area contributed by atoms with E-state index >= 15 is 0 Å². The molecule has 0 spiro atoms. The number of nitrogens with zero attached hydrogens (tertiary/aromatic N) is 1. The van der Waals surface area contributed by atoms with Crippen molar-refractivity contribution in [1.82, 2.24) is 10.2 Å². The summed E-state index contributed by atoms with van der Waals surface area (Å²) in [5.74, 6) is 0.188. The number of rotatable bonds is 9. The number of unbranched alkanes of at least 4 members (excludes halogenated alkanes) is 3. The van der Waals surface area contributed by atoms with Crippen molar-refractivity contribution in [2.24, 2.45) is 0 Å². The highest BCUT2D eigenvalue weighted by Crippen LogP contribution is 2.06. The van der Waals surface area contributed by atoms with Crippen LogP contribution in [0.5, 0.6) is 0 Å². The molecule has 2 unspecified atom stereocenters. The molecule has 102 valence electrons. The van der Waals surface area contributed by atoms with Crippen molar-refractivity contribution in [3.63, 3.8) is 0 Å². The highest BCUT2D eigenvalue weighted by molar-refractivity contribution is 5.81. The molecule has 0 bridgehead atoms. The van der Waals surface area contributed by atoms with Crippen LogP contribution in [-0.4, -0.2) is 36.5 Å². The summed E-state index contributed by atoms with van der Waals surface area (Å²) >= 11 is 0. The van der Waals surface area contributed by atoms with Crippen molar-refractivity contribution in [3.8, 4) is 0 Å². The highest BCUT2D eigenvalue weighted by Gasteiger charge is 2.17. The molecule has 0 aromatic carbocycles. The second-order valence-corrected chi connectivity index (χ2v) is 4.99. The molecule has 0 saturated carbocycles. The van der Waals surface area contributed by atoms with Gasteiger partial charge in [-0.15, -0.1) is 0 Å². The number of hydrogen-bond acceptors (Lipinski definition) is 2. The first kappa shape index (κ1) is 16.4. The zero-order valence-corrected chi connectivity index (χ0v) is 12.3. The van der Waals surface area contributed by atoms with E-state index in [0.29, 0.717) is 6.04 Å². The van der Waals surface area contributed by atoms with E-state index in [4.69, 9.17) is 0 Å². The fourth-order valence-corrected chi connectivity index (χ4v) is 1.95. The number of hydrogen-bond donors (Lipinski definition) is 1. The summed E-state index contributed by atoms with van der Waals surface area (Å²) in [6.45, 7) is 9.12. The van der Waals surface area contributed by atoms with Gasteiger partial charge in [0.25, 0.3) is 0 Å². The molecule has 0 heterocycles. The predicted octanol–water partition coefficient (Wildman–Crippen LogP) is 2.80. The van der Waals surface area contributed by atoms with Gasteiger partial charge in [-0.1, -0.05) is 32.6 Å². The van der Waals surface area contributed by atoms with E-state index in [2.05, 4.69) is 19.2 Å². The molecule has 17 heavy (non-hydrogen) atoms. The summed E-state index contributed by atoms with van der Waals surface area (Å²) in [6.07, 6.45) is 6.32. The van der Waals surface area contributed by atoms with Gasteiger partial charge in [0.1, 0.15) is 0 Å². The standard InChI is InChI=1S/C14H30N2O/c1-6-8-9-10-11-12(3)15-13(4)14(17)16(5)7-2/h12-13,15H,6-11H2,1-5H3. The second-order valence-electron chi connectivity index (χ2n) is 4.99. The van der Waals surface area contributed by atoms with E-state index in [9.17, 15) is 4.79 Å². The Morgan fingerprint density at radius 3 is 2.35 bits per heavy atom. The number of nitrogens with one attached hydrogen (secondary N) is 1. The minimum absolute atomic E-state index is 0.0684. The third-order valence-electron chi connectivity index (χ3n) is 3.25. The van der Waals surface area contributed by atoms with Crippen LogP contribution in [0.1, 0.15) is 59.8 Å². The van der Waals surface area contributed by atoms with Crippen LogP contribution in [0.25, 0.3) is 0 Å². The van der Waals surface area contributed by atoms with Crippen molar-refractivity contribution < 1.29 is 4.79 Å². The Hall–Kier alpha value is -0.570. The van der Waals surface area contributed by atoms with Gasteiger partial charge in [0.15, 0.2) is 0 Å². The first-order chi connectivity index (χ1) is 8.02. The Morgan fingerprint density at radius 1 is 1.18 bits per heavy atom. The molecule has 3 heteroatoms. The monoisotopic (exact) mass is 242 g/mol. The van der Waals surface area contributed by atoms with Gasteiger partial charge in [0.2, 0.25) is 5.91 Å². The lowest BCUT2D eigenvalue weighted by Crippen LogP contribution is -2.46. The summed E-state index contributed by atoms with van der Waals surface area (Å²) in [5.41, 5.74) is 0. The molecule has 0 saturated heterocycles. The maximum absolute atomic E-state index is 11.8. The van der Waals surface area contributed by atoms with Crippen LogP contribution in [0.3, 0.4) is 0 Å². The zero-order valence-electron chi connectivity index (χ0n) is 12.3. The van der Waals surface area contributed by atoms with E-state index in [-0.39, 0.29) is 11.9 Å². The number of carbonyl (C=O) groups is 1. The summed E-state index contributed by atoms with van der Waals surface area (Å²) in [7, 11) is 1.85. The van der Waals surface area contributed by atoms with Crippen molar-refractivity contribution in [2.45, 2.75) is 71.9 Å². The van der Waals surface area contributed by atoms with E-state index < -0.39 is 0 Å². The Bertz CT molecular complexity index is 206. The predicted molar refractivity (Wildman–Crippen MR) is 74.1 cm³/mol. The molecule has 0 rings (SSSR count). The summed E-state index contributed by atoms with van der Waals surface area (Å²) < 4.78 is 0. The molecule has 0 radical (unpaired) electrons. The van der Waals surface area contributed by atoms with Crippen molar-refractivity contribution in [3.05, 3.63) is 0 Å². The molecule has 0 aliphatic carbocycles. The Morgan fingerprint density at radius 2 is 1.82 bits per heavy atom. The van der Waals surface area contributed by atoms with Gasteiger partial charge in [-0.05, 0) is 27.2 Å². The van der Waals surface area contributed by atoms with Gasteiger partial charge in [0.05, 0.1) is 6.04 Å². The molecule has 0 aliphatic rings. The fourth-order valence-electron chi connectivity index (χ4n) is 1.95. The maximum atomic E-state index is 11.8. The molecule has 1 N–H and O–H groups in total. The first-order valence-electron chi connectivity index (χ1n) is 7.03. The lowest BCUT2D eigenvalue weighted by Gasteiger charge is -2.23. The van der Waals surface area contributed by atoms with E-state index in [1.54, 1.807) is 4.90 Å². The van der Waals surface area contributed by atoms with Crippen molar-refractivity contribution in [1.29, 1.82) is 0 Å². The van der Waals surface area contributed by atoms with Crippen molar-refractivity contribution >= 4 is 5.91 Å². The van der Waals surface area contributed by atoms with Crippen molar-refractivity contribution in [2.75, 3.05) is 13.6 Å².